The topological polar surface area (TPSA) is 66.6 Å². The lowest BCUT2D eigenvalue weighted by atomic mass is 10.1. The molecule has 1 unspecified atom stereocenters. The molecule has 1 atom stereocenters. The van der Waals surface area contributed by atoms with E-state index in [0.717, 1.165) is 21.0 Å². The number of nitrogen functional groups attached to an aromatic ring is 1. The Hall–Kier alpha value is -1.11. The number of thiophene rings is 1. The molecule has 0 spiro atoms. The number of amides is 1. The lowest BCUT2D eigenvalue weighted by Crippen LogP contribution is -2.29. The maximum Gasteiger partial charge on any atom is 0.266 e. The highest BCUT2D eigenvalue weighted by atomic mass is 79.9. The summed E-state index contributed by atoms with van der Waals surface area (Å²) in [6.07, 6.45) is 0.860. The van der Waals surface area contributed by atoms with Crippen LogP contribution in [0.2, 0.25) is 0 Å². The Morgan fingerprint density at radius 2 is 2.35 bits per heavy atom. The molecule has 1 aliphatic heterocycles. The molecule has 0 bridgehead atoms. The fourth-order valence-electron chi connectivity index (χ4n) is 2.56. The highest BCUT2D eigenvalue weighted by molar-refractivity contribution is 9.10. The number of aliphatic hydroxyl groups is 1. The minimum Gasteiger partial charge on any atom is -0.397 e. The maximum atomic E-state index is 12.5. The van der Waals surface area contributed by atoms with Gasteiger partial charge in [-0.2, -0.15) is 0 Å². The van der Waals surface area contributed by atoms with Crippen LogP contribution in [0.25, 0.3) is 10.1 Å². The molecule has 1 saturated heterocycles. The molecule has 1 fully saturated rings. The molecule has 2 aromatic rings. The van der Waals surface area contributed by atoms with E-state index in [1.54, 1.807) is 4.90 Å². The number of nitrogens with zero attached hydrogens (tertiary/aromatic N) is 1. The second-order valence-electron chi connectivity index (χ2n) is 5.07. The fourth-order valence-corrected chi connectivity index (χ4v) is 3.99. The van der Waals surface area contributed by atoms with Crippen molar-refractivity contribution in [3.05, 3.63) is 27.5 Å². The van der Waals surface area contributed by atoms with Gasteiger partial charge in [0.25, 0.3) is 5.91 Å². The average Bonchev–Trinajstić information content (AvgIpc) is 3.04. The number of aliphatic hydroxyl groups excluding tert-OH is 1. The molecule has 0 aliphatic carbocycles. The van der Waals surface area contributed by atoms with E-state index in [-0.39, 0.29) is 18.4 Å². The minimum absolute atomic E-state index is 0.0178. The summed E-state index contributed by atoms with van der Waals surface area (Å²) in [6.45, 7) is 1.45. The summed E-state index contributed by atoms with van der Waals surface area (Å²) in [5, 5.41) is 10.1. The summed E-state index contributed by atoms with van der Waals surface area (Å²) in [5.74, 6) is 0.180. The molecule has 20 heavy (non-hydrogen) atoms. The first kappa shape index (κ1) is 13.9. The number of carbonyl (C=O) groups is 1. The third kappa shape index (κ3) is 2.32. The van der Waals surface area contributed by atoms with Crippen molar-refractivity contribution in [3.8, 4) is 0 Å². The first-order valence-electron chi connectivity index (χ1n) is 6.48. The monoisotopic (exact) mass is 354 g/mol. The van der Waals surface area contributed by atoms with Gasteiger partial charge in [0.15, 0.2) is 0 Å². The van der Waals surface area contributed by atoms with Gasteiger partial charge in [-0.25, -0.2) is 0 Å². The van der Waals surface area contributed by atoms with Crippen LogP contribution < -0.4 is 5.73 Å². The largest absolute Gasteiger partial charge is 0.397 e. The van der Waals surface area contributed by atoms with E-state index in [1.165, 1.54) is 11.3 Å². The molecular weight excluding hydrogens is 340 g/mol. The number of nitrogens with two attached hydrogens (primary N) is 1. The number of halogens is 1. The van der Waals surface area contributed by atoms with Gasteiger partial charge in [-0.1, -0.05) is 15.9 Å². The van der Waals surface area contributed by atoms with Crippen LogP contribution >= 0.6 is 27.3 Å². The van der Waals surface area contributed by atoms with E-state index in [4.69, 9.17) is 5.73 Å². The zero-order valence-corrected chi connectivity index (χ0v) is 13.2. The minimum atomic E-state index is -0.0178. The van der Waals surface area contributed by atoms with Gasteiger partial charge in [-0.15, -0.1) is 11.3 Å². The Bertz CT molecular complexity index is 670. The Labute approximate surface area is 129 Å². The standard InChI is InChI=1S/C14H15BrN2O2S/c15-9-1-2-11-10(5-9)12(16)13(20-11)14(19)17-4-3-8(6-17)7-18/h1-2,5,8,18H,3-4,6-7,16H2. The zero-order valence-electron chi connectivity index (χ0n) is 10.8. The number of hydrogen-bond acceptors (Lipinski definition) is 4. The summed E-state index contributed by atoms with van der Waals surface area (Å²) in [4.78, 5) is 14.9. The highest BCUT2D eigenvalue weighted by Crippen LogP contribution is 2.36. The van der Waals surface area contributed by atoms with Crippen LogP contribution in [0.4, 0.5) is 5.69 Å². The number of carbonyl (C=O) groups excluding carboxylic acids is 1. The van der Waals surface area contributed by atoms with Crippen molar-refractivity contribution in [3.63, 3.8) is 0 Å². The van der Waals surface area contributed by atoms with Gasteiger partial charge >= 0.3 is 0 Å². The van der Waals surface area contributed by atoms with Crippen LogP contribution in [-0.4, -0.2) is 35.6 Å². The van der Waals surface area contributed by atoms with Crippen LogP contribution in [-0.2, 0) is 0 Å². The average molecular weight is 355 g/mol. The number of fused-ring (bicyclic) bond motifs is 1. The number of hydrogen-bond donors (Lipinski definition) is 2. The van der Waals surface area contributed by atoms with Crippen molar-refractivity contribution in [1.82, 2.24) is 4.90 Å². The first-order valence-corrected chi connectivity index (χ1v) is 8.08. The Morgan fingerprint density at radius 1 is 1.55 bits per heavy atom. The highest BCUT2D eigenvalue weighted by Gasteiger charge is 2.29. The van der Waals surface area contributed by atoms with E-state index < -0.39 is 0 Å². The van der Waals surface area contributed by atoms with Crippen molar-refractivity contribution < 1.29 is 9.90 Å². The Balaban J connectivity index is 1.94. The van der Waals surface area contributed by atoms with Gasteiger partial charge in [0, 0.05) is 40.2 Å². The van der Waals surface area contributed by atoms with Crippen molar-refractivity contribution in [2.24, 2.45) is 5.92 Å². The van der Waals surface area contributed by atoms with Gasteiger partial charge in [0.05, 0.1) is 5.69 Å². The van der Waals surface area contributed by atoms with Gasteiger partial charge < -0.3 is 15.7 Å². The molecule has 4 nitrogen and oxygen atoms in total. The van der Waals surface area contributed by atoms with Crippen LogP contribution in [0.15, 0.2) is 22.7 Å². The SMILES string of the molecule is Nc1c(C(=O)N2CCC(CO)C2)sc2ccc(Br)cc12. The van der Waals surface area contributed by atoms with Gasteiger partial charge in [0.1, 0.15) is 4.88 Å². The zero-order chi connectivity index (χ0) is 14.3. The van der Waals surface area contributed by atoms with E-state index in [0.29, 0.717) is 23.7 Å². The van der Waals surface area contributed by atoms with Gasteiger partial charge in [-0.05, 0) is 24.6 Å². The van der Waals surface area contributed by atoms with Crippen molar-refractivity contribution in [1.29, 1.82) is 0 Å². The molecule has 0 saturated carbocycles. The van der Waals surface area contributed by atoms with Crippen LogP contribution in [0, 0.1) is 5.92 Å². The number of anilines is 1. The molecule has 2 heterocycles. The lowest BCUT2D eigenvalue weighted by Gasteiger charge is -2.15. The smallest absolute Gasteiger partial charge is 0.266 e. The van der Waals surface area contributed by atoms with Gasteiger partial charge in [-0.3, -0.25) is 4.79 Å². The maximum absolute atomic E-state index is 12.5. The van der Waals surface area contributed by atoms with Crippen molar-refractivity contribution in [2.75, 3.05) is 25.4 Å². The molecule has 1 aliphatic rings. The normalized spacial score (nSPS) is 18.9. The van der Waals surface area contributed by atoms with Gasteiger partial charge in [0.2, 0.25) is 0 Å². The number of likely N-dealkylation sites (tertiary alicyclic amines) is 1. The van der Waals surface area contributed by atoms with E-state index in [2.05, 4.69) is 15.9 Å². The van der Waals surface area contributed by atoms with Crippen LogP contribution in [0.5, 0.6) is 0 Å². The number of benzene rings is 1. The van der Waals surface area contributed by atoms with E-state index >= 15 is 0 Å². The van der Waals surface area contributed by atoms with E-state index in [1.807, 2.05) is 18.2 Å². The van der Waals surface area contributed by atoms with Crippen molar-refractivity contribution >= 4 is 48.9 Å². The van der Waals surface area contributed by atoms with Crippen LogP contribution in [0.1, 0.15) is 16.1 Å². The van der Waals surface area contributed by atoms with E-state index in [9.17, 15) is 9.90 Å². The molecule has 106 valence electrons. The molecule has 3 N–H and O–H groups in total. The third-order valence-electron chi connectivity index (χ3n) is 3.71. The quantitative estimate of drug-likeness (QED) is 0.871. The Morgan fingerprint density at radius 3 is 3.05 bits per heavy atom. The molecule has 1 aromatic carbocycles. The summed E-state index contributed by atoms with van der Waals surface area (Å²) < 4.78 is 1.97. The summed E-state index contributed by atoms with van der Waals surface area (Å²) in [6, 6.07) is 5.86. The molecular formula is C14H15BrN2O2S. The van der Waals surface area contributed by atoms with Crippen molar-refractivity contribution in [2.45, 2.75) is 6.42 Å². The molecule has 1 amide bonds. The second-order valence-corrected chi connectivity index (χ2v) is 7.04. The predicted molar refractivity (Wildman–Crippen MR) is 85.0 cm³/mol. The fraction of sp³-hybridized carbons (Fsp3) is 0.357. The lowest BCUT2D eigenvalue weighted by molar-refractivity contribution is 0.0787. The molecule has 1 aromatic heterocycles. The molecule has 0 radical (unpaired) electrons. The summed E-state index contributed by atoms with van der Waals surface area (Å²) in [7, 11) is 0. The number of rotatable bonds is 2. The molecule has 3 rings (SSSR count). The first-order chi connectivity index (χ1) is 9.60. The van der Waals surface area contributed by atoms with Crippen LogP contribution in [0.3, 0.4) is 0 Å². The Kier molecular flexibility index (Phi) is 3.70. The summed E-state index contributed by atoms with van der Waals surface area (Å²) in [5.41, 5.74) is 6.70. The predicted octanol–water partition coefficient (Wildman–Crippen LogP) is 2.70. The third-order valence-corrected chi connectivity index (χ3v) is 5.38. The second kappa shape index (κ2) is 5.35. The molecule has 6 heteroatoms. The summed E-state index contributed by atoms with van der Waals surface area (Å²) >= 11 is 4.86.